The van der Waals surface area contributed by atoms with Crippen LogP contribution >= 0.6 is 11.6 Å². The van der Waals surface area contributed by atoms with E-state index in [9.17, 15) is 9.59 Å². The van der Waals surface area contributed by atoms with Gasteiger partial charge in [0.2, 0.25) is 0 Å². The first kappa shape index (κ1) is 18.8. The van der Waals surface area contributed by atoms with Crippen LogP contribution in [0.25, 0.3) is 0 Å². The highest BCUT2D eigenvalue weighted by Crippen LogP contribution is 2.14. The van der Waals surface area contributed by atoms with Gasteiger partial charge in [0.05, 0.1) is 27.3 Å². The highest BCUT2D eigenvalue weighted by atomic mass is 35.5. The van der Waals surface area contributed by atoms with Gasteiger partial charge in [-0.25, -0.2) is 4.79 Å². The Labute approximate surface area is 161 Å². The summed E-state index contributed by atoms with van der Waals surface area (Å²) in [6.07, 6.45) is 0. The molecule has 0 bridgehead atoms. The van der Waals surface area contributed by atoms with Crippen LogP contribution in [0.5, 0.6) is 11.5 Å². The molecule has 3 rings (SSSR count). The molecule has 3 aromatic rings. The molecule has 140 valence electrons. The summed E-state index contributed by atoms with van der Waals surface area (Å²) in [5.41, 5.74) is 0.786. The maximum atomic E-state index is 12.9. The molecule has 6 nitrogen and oxygen atoms in total. The fourth-order valence-corrected chi connectivity index (χ4v) is 2.93. The van der Waals surface area contributed by atoms with Crippen molar-refractivity contribution < 1.29 is 9.47 Å². The van der Waals surface area contributed by atoms with Crippen molar-refractivity contribution in [3.63, 3.8) is 0 Å². The molecule has 0 spiro atoms. The third kappa shape index (κ3) is 4.23. The molecular formula is C20H19ClN2O4. The van der Waals surface area contributed by atoms with E-state index in [4.69, 9.17) is 21.1 Å². The van der Waals surface area contributed by atoms with Gasteiger partial charge in [0.15, 0.2) is 0 Å². The summed E-state index contributed by atoms with van der Waals surface area (Å²) in [7, 11) is 3.17. The molecule has 0 aliphatic rings. The first-order valence-electron chi connectivity index (χ1n) is 8.28. The van der Waals surface area contributed by atoms with Gasteiger partial charge in [0.25, 0.3) is 5.56 Å². The zero-order valence-electron chi connectivity index (χ0n) is 15.0. The Morgan fingerprint density at radius 2 is 1.22 bits per heavy atom. The Bertz CT molecular complexity index is 1040. The Kier molecular flexibility index (Phi) is 5.66. The monoisotopic (exact) mass is 386 g/mol. The third-order valence-corrected chi connectivity index (χ3v) is 4.54. The lowest BCUT2D eigenvalue weighted by Crippen LogP contribution is -2.40. The highest BCUT2D eigenvalue weighted by Gasteiger charge is 2.11. The lowest BCUT2D eigenvalue weighted by Gasteiger charge is -2.13. The molecule has 0 atom stereocenters. The normalized spacial score (nSPS) is 10.6. The van der Waals surface area contributed by atoms with Gasteiger partial charge < -0.3 is 9.47 Å². The number of nitrogens with zero attached hydrogens (tertiary/aromatic N) is 2. The van der Waals surface area contributed by atoms with Crippen molar-refractivity contribution in [1.82, 2.24) is 9.13 Å². The summed E-state index contributed by atoms with van der Waals surface area (Å²) >= 11 is 6.17. The van der Waals surface area contributed by atoms with E-state index in [1.165, 1.54) is 10.6 Å². The molecule has 0 saturated heterocycles. The van der Waals surface area contributed by atoms with Crippen molar-refractivity contribution in [3.8, 4) is 11.5 Å². The third-order valence-electron chi connectivity index (χ3n) is 4.23. The summed E-state index contributed by atoms with van der Waals surface area (Å²) in [6, 6.07) is 15.8. The average Bonchev–Trinajstić information content (AvgIpc) is 2.69. The Hall–Kier alpha value is -2.99. The van der Waals surface area contributed by atoms with E-state index >= 15 is 0 Å². The molecule has 0 saturated carbocycles. The second-order valence-corrected chi connectivity index (χ2v) is 6.34. The quantitative estimate of drug-likeness (QED) is 0.611. The largest absolute Gasteiger partial charge is 0.497 e. The SMILES string of the molecule is COc1ccc(Cn2c(Cl)cc(=O)n(Cc3ccc(OC)cc3)c2=O)cc1. The van der Waals surface area contributed by atoms with Crippen molar-refractivity contribution in [1.29, 1.82) is 0 Å². The maximum Gasteiger partial charge on any atom is 0.332 e. The average molecular weight is 387 g/mol. The molecule has 2 aromatic carbocycles. The predicted molar refractivity (Wildman–Crippen MR) is 104 cm³/mol. The number of hydrogen-bond donors (Lipinski definition) is 0. The Morgan fingerprint density at radius 1 is 0.778 bits per heavy atom. The van der Waals surface area contributed by atoms with E-state index in [2.05, 4.69) is 0 Å². The van der Waals surface area contributed by atoms with Gasteiger partial charge >= 0.3 is 5.69 Å². The van der Waals surface area contributed by atoms with E-state index in [0.717, 1.165) is 21.4 Å². The molecule has 1 aromatic heterocycles. The molecule has 0 fully saturated rings. The van der Waals surface area contributed by atoms with E-state index < -0.39 is 11.2 Å². The van der Waals surface area contributed by atoms with Crippen LogP contribution in [0, 0.1) is 0 Å². The lowest BCUT2D eigenvalue weighted by molar-refractivity contribution is 0.414. The van der Waals surface area contributed by atoms with Gasteiger partial charge in [-0.05, 0) is 35.4 Å². The van der Waals surface area contributed by atoms with Crippen molar-refractivity contribution in [2.45, 2.75) is 13.1 Å². The number of aromatic nitrogens is 2. The number of ether oxygens (including phenoxy) is 2. The Morgan fingerprint density at radius 3 is 1.67 bits per heavy atom. The van der Waals surface area contributed by atoms with Crippen LogP contribution in [0.3, 0.4) is 0 Å². The van der Waals surface area contributed by atoms with Gasteiger partial charge in [0.1, 0.15) is 16.7 Å². The molecule has 0 unspecified atom stereocenters. The van der Waals surface area contributed by atoms with Crippen LogP contribution in [0.2, 0.25) is 5.15 Å². The van der Waals surface area contributed by atoms with E-state index in [-0.39, 0.29) is 18.2 Å². The maximum absolute atomic E-state index is 12.9. The van der Waals surface area contributed by atoms with Crippen LogP contribution < -0.4 is 20.7 Å². The van der Waals surface area contributed by atoms with Gasteiger partial charge in [-0.2, -0.15) is 0 Å². The number of rotatable bonds is 6. The Balaban J connectivity index is 1.94. The minimum Gasteiger partial charge on any atom is -0.497 e. The van der Waals surface area contributed by atoms with Crippen molar-refractivity contribution in [3.05, 3.63) is 91.7 Å². The van der Waals surface area contributed by atoms with Gasteiger partial charge in [0, 0.05) is 6.07 Å². The van der Waals surface area contributed by atoms with Crippen LogP contribution in [0.4, 0.5) is 0 Å². The smallest absolute Gasteiger partial charge is 0.332 e. The lowest BCUT2D eigenvalue weighted by atomic mass is 10.2. The first-order valence-corrected chi connectivity index (χ1v) is 8.65. The summed E-state index contributed by atoms with van der Waals surface area (Å²) in [6.45, 7) is 0.409. The van der Waals surface area contributed by atoms with Gasteiger partial charge in [-0.3, -0.25) is 13.9 Å². The second kappa shape index (κ2) is 8.14. The first-order chi connectivity index (χ1) is 13.0. The molecule has 1 heterocycles. The number of methoxy groups -OCH3 is 2. The fraction of sp³-hybridized carbons (Fsp3) is 0.200. The van der Waals surface area contributed by atoms with Gasteiger partial charge in [-0.15, -0.1) is 0 Å². The summed E-state index contributed by atoms with van der Waals surface area (Å²) < 4.78 is 12.8. The van der Waals surface area contributed by atoms with Crippen LogP contribution in [0.15, 0.2) is 64.2 Å². The fourth-order valence-electron chi connectivity index (χ4n) is 2.70. The molecule has 0 amide bonds. The van der Waals surface area contributed by atoms with Crippen molar-refractivity contribution in [2.24, 2.45) is 0 Å². The molecule has 27 heavy (non-hydrogen) atoms. The minimum absolute atomic E-state index is 0.104. The van der Waals surface area contributed by atoms with Crippen molar-refractivity contribution in [2.75, 3.05) is 14.2 Å². The van der Waals surface area contributed by atoms with Crippen molar-refractivity contribution >= 4 is 11.6 Å². The zero-order chi connectivity index (χ0) is 19.4. The summed E-state index contributed by atoms with van der Waals surface area (Å²) in [4.78, 5) is 25.2. The van der Waals surface area contributed by atoms with E-state index in [0.29, 0.717) is 5.75 Å². The second-order valence-electron chi connectivity index (χ2n) is 5.96. The predicted octanol–water partition coefficient (Wildman–Crippen LogP) is 2.78. The van der Waals surface area contributed by atoms with Gasteiger partial charge in [-0.1, -0.05) is 35.9 Å². The molecular weight excluding hydrogens is 368 g/mol. The molecule has 0 aliphatic carbocycles. The highest BCUT2D eigenvalue weighted by molar-refractivity contribution is 6.29. The number of halogens is 1. The van der Waals surface area contributed by atoms with Crippen LogP contribution in [0.1, 0.15) is 11.1 Å². The molecule has 0 radical (unpaired) electrons. The molecule has 7 heteroatoms. The molecule has 0 aliphatic heterocycles. The minimum atomic E-state index is -0.459. The number of benzene rings is 2. The topological polar surface area (TPSA) is 62.5 Å². The zero-order valence-corrected chi connectivity index (χ0v) is 15.8. The van der Waals surface area contributed by atoms with Crippen LogP contribution in [-0.2, 0) is 13.1 Å². The standard InChI is InChI=1S/C20H19ClN2O4/c1-26-16-7-3-14(4-8-16)12-22-18(21)11-19(24)23(20(22)25)13-15-5-9-17(27-2)10-6-15/h3-11H,12-13H2,1-2H3. The summed E-state index contributed by atoms with van der Waals surface area (Å²) in [5.74, 6) is 1.43. The number of hydrogen-bond acceptors (Lipinski definition) is 4. The summed E-state index contributed by atoms with van der Waals surface area (Å²) in [5, 5.41) is 0.104. The van der Waals surface area contributed by atoms with E-state index in [1.807, 2.05) is 36.4 Å². The van der Waals surface area contributed by atoms with Crippen LogP contribution in [-0.4, -0.2) is 23.4 Å². The molecule has 0 N–H and O–H groups in total. The van der Waals surface area contributed by atoms with E-state index in [1.54, 1.807) is 26.4 Å².